The highest BCUT2D eigenvalue weighted by Crippen LogP contribution is 2.09. The third-order valence-corrected chi connectivity index (χ3v) is 1.23. The van der Waals surface area contributed by atoms with Gasteiger partial charge in [-0.15, -0.1) is 0 Å². The number of epoxide rings is 1. The lowest BCUT2D eigenvalue weighted by Gasteiger charge is -2.06. The molecule has 0 saturated carbocycles. The van der Waals surface area contributed by atoms with E-state index >= 15 is 0 Å². The van der Waals surface area contributed by atoms with Gasteiger partial charge in [0.25, 0.3) is 0 Å². The highest BCUT2D eigenvalue weighted by molar-refractivity contribution is 4.67. The third kappa shape index (κ3) is 2.79. The van der Waals surface area contributed by atoms with Crippen molar-refractivity contribution in [3.8, 4) is 0 Å². The summed E-state index contributed by atoms with van der Waals surface area (Å²) in [6.45, 7) is 3.37. The van der Waals surface area contributed by atoms with Gasteiger partial charge in [0.2, 0.25) is 0 Å². The maximum atomic E-state index is 8.50. The van der Waals surface area contributed by atoms with Crippen LogP contribution in [-0.4, -0.2) is 37.1 Å². The van der Waals surface area contributed by atoms with Crippen molar-refractivity contribution < 1.29 is 14.6 Å². The summed E-state index contributed by atoms with van der Waals surface area (Å²) < 4.78 is 10.0. The topological polar surface area (TPSA) is 42.0 Å². The molecule has 0 spiro atoms. The van der Waals surface area contributed by atoms with Crippen molar-refractivity contribution in [3.05, 3.63) is 0 Å². The lowest BCUT2D eigenvalue weighted by molar-refractivity contribution is 0.0174. The number of ether oxygens (including phenoxy) is 2. The van der Waals surface area contributed by atoms with Gasteiger partial charge in [-0.2, -0.15) is 0 Å². The van der Waals surface area contributed by atoms with E-state index in [0.717, 1.165) is 6.61 Å². The molecule has 1 heterocycles. The predicted octanol–water partition coefficient (Wildman–Crippen LogP) is -0.217. The number of aliphatic hydroxyl groups is 1. The molecule has 9 heavy (non-hydrogen) atoms. The smallest absolute Gasteiger partial charge is 0.104 e. The second-order valence-electron chi connectivity index (χ2n) is 2.28. The summed E-state index contributed by atoms with van der Waals surface area (Å²) in [6, 6.07) is 0. The molecule has 0 bridgehead atoms. The average molecular weight is 132 g/mol. The standard InChI is InChI=1S/C6H12O3/c1-5(2-7)8-3-6-4-9-6/h5-7H,2-4H2,1H3/t5-,6+/m0/s1. The quantitative estimate of drug-likeness (QED) is 0.538. The minimum atomic E-state index is -0.0470. The lowest BCUT2D eigenvalue weighted by atomic mass is 10.4. The van der Waals surface area contributed by atoms with E-state index in [0.29, 0.717) is 12.7 Å². The van der Waals surface area contributed by atoms with Crippen molar-refractivity contribution in [1.29, 1.82) is 0 Å². The highest BCUT2D eigenvalue weighted by Gasteiger charge is 2.22. The van der Waals surface area contributed by atoms with E-state index in [-0.39, 0.29) is 12.7 Å². The van der Waals surface area contributed by atoms with Crippen LogP contribution in [0.5, 0.6) is 0 Å². The molecule has 0 aliphatic carbocycles. The number of aliphatic hydroxyl groups excluding tert-OH is 1. The Morgan fingerprint density at radius 3 is 3.00 bits per heavy atom. The van der Waals surface area contributed by atoms with Crippen LogP contribution in [0.3, 0.4) is 0 Å². The zero-order valence-corrected chi connectivity index (χ0v) is 5.54. The minimum Gasteiger partial charge on any atom is -0.394 e. The first kappa shape index (κ1) is 6.99. The van der Waals surface area contributed by atoms with E-state index in [1.54, 1.807) is 0 Å². The van der Waals surface area contributed by atoms with Crippen LogP contribution in [0.1, 0.15) is 6.92 Å². The fourth-order valence-electron chi connectivity index (χ4n) is 0.489. The van der Waals surface area contributed by atoms with Gasteiger partial charge in [0.1, 0.15) is 6.10 Å². The van der Waals surface area contributed by atoms with Gasteiger partial charge in [-0.3, -0.25) is 0 Å². The molecule has 1 aliphatic rings. The van der Waals surface area contributed by atoms with Crippen molar-refractivity contribution in [3.63, 3.8) is 0 Å². The average Bonchev–Trinajstić information content (AvgIpc) is 2.65. The van der Waals surface area contributed by atoms with Crippen molar-refractivity contribution in [2.24, 2.45) is 0 Å². The molecule has 0 unspecified atom stereocenters. The maximum Gasteiger partial charge on any atom is 0.104 e. The Morgan fingerprint density at radius 2 is 2.56 bits per heavy atom. The summed E-state index contributed by atoms with van der Waals surface area (Å²) in [4.78, 5) is 0. The molecule has 1 aliphatic heterocycles. The van der Waals surface area contributed by atoms with Crippen molar-refractivity contribution >= 4 is 0 Å². The molecule has 1 rings (SSSR count). The van der Waals surface area contributed by atoms with Gasteiger partial charge in [0.05, 0.1) is 25.9 Å². The molecule has 3 nitrogen and oxygen atoms in total. The molecule has 1 fully saturated rings. The Morgan fingerprint density at radius 1 is 1.89 bits per heavy atom. The number of hydrogen-bond donors (Lipinski definition) is 1. The van der Waals surface area contributed by atoms with Gasteiger partial charge < -0.3 is 14.6 Å². The minimum absolute atomic E-state index is 0.0470. The normalized spacial score (nSPS) is 28.0. The van der Waals surface area contributed by atoms with Gasteiger partial charge in [-0.1, -0.05) is 0 Å². The van der Waals surface area contributed by atoms with E-state index < -0.39 is 0 Å². The molecular formula is C6H12O3. The maximum absolute atomic E-state index is 8.50. The van der Waals surface area contributed by atoms with Crippen LogP contribution in [0, 0.1) is 0 Å². The molecule has 0 amide bonds. The van der Waals surface area contributed by atoms with Gasteiger partial charge in [0.15, 0.2) is 0 Å². The van der Waals surface area contributed by atoms with Crippen molar-refractivity contribution in [2.45, 2.75) is 19.1 Å². The van der Waals surface area contributed by atoms with Crippen LogP contribution < -0.4 is 0 Å². The van der Waals surface area contributed by atoms with E-state index in [4.69, 9.17) is 14.6 Å². The van der Waals surface area contributed by atoms with Gasteiger partial charge in [-0.25, -0.2) is 0 Å². The molecule has 54 valence electrons. The highest BCUT2D eigenvalue weighted by atomic mass is 16.6. The molecule has 3 heteroatoms. The summed E-state index contributed by atoms with van der Waals surface area (Å²) in [5.41, 5.74) is 0. The molecule has 2 atom stereocenters. The zero-order valence-electron chi connectivity index (χ0n) is 5.54. The first-order valence-corrected chi connectivity index (χ1v) is 3.17. The Hall–Kier alpha value is -0.120. The van der Waals surface area contributed by atoms with E-state index in [1.165, 1.54) is 0 Å². The Bertz CT molecular complexity index is 80.4. The summed E-state index contributed by atoms with van der Waals surface area (Å²) in [5, 5.41) is 8.50. The van der Waals surface area contributed by atoms with Crippen LogP contribution in [0.25, 0.3) is 0 Å². The fraction of sp³-hybridized carbons (Fsp3) is 1.00. The van der Waals surface area contributed by atoms with Crippen LogP contribution in [0.4, 0.5) is 0 Å². The Kier molecular flexibility index (Phi) is 2.45. The molecule has 0 aromatic carbocycles. The van der Waals surface area contributed by atoms with Crippen molar-refractivity contribution in [2.75, 3.05) is 19.8 Å². The number of hydrogen-bond acceptors (Lipinski definition) is 3. The molecule has 1 N–H and O–H groups in total. The van der Waals surface area contributed by atoms with E-state index in [1.807, 2.05) is 6.92 Å². The summed E-state index contributed by atoms with van der Waals surface area (Å²) in [6.07, 6.45) is 0.258. The van der Waals surface area contributed by atoms with E-state index in [9.17, 15) is 0 Å². The zero-order chi connectivity index (χ0) is 6.69. The summed E-state index contributed by atoms with van der Waals surface area (Å²) in [7, 11) is 0. The third-order valence-electron chi connectivity index (χ3n) is 1.23. The van der Waals surface area contributed by atoms with Gasteiger partial charge >= 0.3 is 0 Å². The van der Waals surface area contributed by atoms with Crippen LogP contribution in [-0.2, 0) is 9.47 Å². The second-order valence-corrected chi connectivity index (χ2v) is 2.28. The van der Waals surface area contributed by atoms with Gasteiger partial charge in [-0.05, 0) is 6.92 Å². The predicted molar refractivity (Wildman–Crippen MR) is 32.2 cm³/mol. The van der Waals surface area contributed by atoms with Crippen LogP contribution in [0.2, 0.25) is 0 Å². The SMILES string of the molecule is C[C@@H](CO)OC[C@@H]1CO1. The molecule has 0 radical (unpaired) electrons. The molecule has 0 aromatic heterocycles. The Labute approximate surface area is 54.6 Å². The van der Waals surface area contributed by atoms with Crippen LogP contribution >= 0.6 is 0 Å². The number of rotatable bonds is 4. The molecular weight excluding hydrogens is 120 g/mol. The van der Waals surface area contributed by atoms with E-state index in [2.05, 4.69) is 0 Å². The second kappa shape index (κ2) is 3.15. The lowest BCUT2D eigenvalue weighted by Crippen LogP contribution is -2.15. The summed E-state index contributed by atoms with van der Waals surface area (Å²) in [5.74, 6) is 0. The van der Waals surface area contributed by atoms with Gasteiger partial charge in [0, 0.05) is 0 Å². The van der Waals surface area contributed by atoms with Crippen molar-refractivity contribution in [1.82, 2.24) is 0 Å². The first-order chi connectivity index (χ1) is 4.33. The fourth-order valence-corrected chi connectivity index (χ4v) is 0.489. The summed E-state index contributed by atoms with van der Waals surface area (Å²) >= 11 is 0. The molecule has 1 saturated heterocycles. The Balaban J connectivity index is 1.90. The monoisotopic (exact) mass is 132 g/mol. The molecule has 0 aromatic rings. The van der Waals surface area contributed by atoms with Crippen LogP contribution in [0.15, 0.2) is 0 Å². The first-order valence-electron chi connectivity index (χ1n) is 3.17. The largest absolute Gasteiger partial charge is 0.394 e.